The Morgan fingerprint density at radius 3 is 2.76 bits per heavy atom. The van der Waals surface area contributed by atoms with Crippen LogP contribution in [0.25, 0.3) is 16.7 Å². The first kappa shape index (κ1) is 18.3. The number of halogens is 1. The Hall–Kier alpha value is -2.78. The van der Waals surface area contributed by atoms with E-state index in [0.29, 0.717) is 35.8 Å². The van der Waals surface area contributed by atoms with Gasteiger partial charge in [-0.2, -0.15) is 5.10 Å². The molecule has 5 rings (SSSR count). The summed E-state index contributed by atoms with van der Waals surface area (Å²) in [7, 11) is 0. The molecule has 2 saturated heterocycles. The first-order valence-electron chi connectivity index (χ1n) is 9.98. The molecule has 29 heavy (non-hydrogen) atoms. The molecule has 1 N–H and O–H groups in total. The quantitative estimate of drug-likeness (QED) is 0.719. The van der Waals surface area contributed by atoms with Gasteiger partial charge < -0.3 is 19.7 Å². The summed E-state index contributed by atoms with van der Waals surface area (Å²) >= 11 is 0. The average Bonchev–Trinajstić information content (AvgIpc) is 3.20. The number of benzene rings is 1. The largest absolute Gasteiger partial charge is 0.474 e. The van der Waals surface area contributed by atoms with Crippen molar-refractivity contribution in [3.63, 3.8) is 0 Å². The molecule has 8 nitrogen and oxygen atoms in total. The van der Waals surface area contributed by atoms with Gasteiger partial charge >= 0.3 is 0 Å². The fraction of sp³-hybridized carbons (Fsp3) is 0.450. The Morgan fingerprint density at radius 2 is 1.97 bits per heavy atom. The first-order chi connectivity index (χ1) is 14.3. The van der Waals surface area contributed by atoms with Crippen molar-refractivity contribution in [3.8, 4) is 11.6 Å². The molecule has 0 spiro atoms. The van der Waals surface area contributed by atoms with Gasteiger partial charge in [0, 0.05) is 18.8 Å². The molecule has 0 unspecified atom stereocenters. The summed E-state index contributed by atoms with van der Waals surface area (Å²) in [4.78, 5) is 10.7. The summed E-state index contributed by atoms with van der Waals surface area (Å²) in [6, 6.07) is 5.19. The summed E-state index contributed by atoms with van der Waals surface area (Å²) in [5.41, 5.74) is 1.72. The Balaban J connectivity index is 1.45. The van der Waals surface area contributed by atoms with Crippen LogP contribution in [-0.4, -0.2) is 65.2 Å². The van der Waals surface area contributed by atoms with E-state index in [9.17, 15) is 4.39 Å². The van der Waals surface area contributed by atoms with Crippen LogP contribution in [0.15, 0.2) is 30.7 Å². The minimum atomic E-state index is -0.349. The van der Waals surface area contributed by atoms with Crippen LogP contribution in [-0.2, 0) is 4.74 Å². The van der Waals surface area contributed by atoms with Gasteiger partial charge in [-0.3, -0.25) is 0 Å². The minimum absolute atomic E-state index is 0.113. The molecular formula is C20H23FN6O2. The van der Waals surface area contributed by atoms with Gasteiger partial charge in [0.2, 0.25) is 5.88 Å². The van der Waals surface area contributed by atoms with Gasteiger partial charge in [-0.1, -0.05) is 0 Å². The highest BCUT2D eigenvalue weighted by molar-refractivity contribution is 5.81. The van der Waals surface area contributed by atoms with E-state index < -0.39 is 0 Å². The van der Waals surface area contributed by atoms with Crippen LogP contribution in [0, 0.1) is 5.82 Å². The van der Waals surface area contributed by atoms with Gasteiger partial charge in [-0.15, -0.1) is 0 Å². The highest BCUT2D eigenvalue weighted by atomic mass is 19.1. The van der Waals surface area contributed by atoms with Gasteiger partial charge in [0.15, 0.2) is 11.5 Å². The fourth-order valence-corrected chi connectivity index (χ4v) is 3.85. The van der Waals surface area contributed by atoms with E-state index in [2.05, 4.69) is 25.3 Å². The maximum Gasteiger partial charge on any atom is 0.228 e. The molecule has 0 bridgehead atoms. The third-order valence-corrected chi connectivity index (χ3v) is 5.43. The fourth-order valence-electron chi connectivity index (χ4n) is 3.85. The predicted octanol–water partition coefficient (Wildman–Crippen LogP) is 1.92. The van der Waals surface area contributed by atoms with Crippen molar-refractivity contribution >= 4 is 16.7 Å². The highest BCUT2D eigenvalue weighted by Crippen LogP contribution is 2.28. The molecule has 4 heterocycles. The lowest BCUT2D eigenvalue weighted by Crippen LogP contribution is -2.36. The summed E-state index contributed by atoms with van der Waals surface area (Å²) in [5.74, 6) is 0.150. The number of fused-ring (bicyclic) bond motifs is 1. The van der Waals surface area contributed by atoms with Crippen molar-refractivity contribution in [2.75, 3.05) is 44.3 Å². The topological polar surface area (TPSA) is 77.3 Å². The van der Waals surface area contributed by atoms with Crippen LogP contribution < -0.4 is 15.0 Å². The lowest BCUT2D eigenvalue weighted by molar-refractivity contribution is 0.122. The summed E-state index contributed by atoms with van der Waals surface area (Å²) < 4.78 is 27.9. The number of aromatic nitrogens is 4. The number of anilines is 1. The number of nitrogens with zero attached hydrogens (tertiary/aromatic N) is 5. The van der Waals surface area contributed by atoms with Crippen molar-refractivity contribution in [1.82, 2.24) is 25.1 Å². The Bertz CT molecular complexity index is 998. The second kappa shape index (κ2) is 7.92. The lowest BCUT2D eigenvalue weighted by Gasteiger charge is -2.29. The number of hydrogen-bond acceptors (Lipinski definition) is 7. The van der Waals surface area contributed by atoms with E-state index in [4.69, 9.17) is 9.47 Å². The van der Waals surface area contributed by atoms with Gasteiger partial charge in [0.1, 0.15) is 23.5 Å². The molecule has 152 valence electrons. The van der Waals surface area contributed by atoms with Gasteiger partial charge in [0.25, 0.3) is 0 Å². The molecule has 2 fully saturated rings. The maximum absolute atomic E-state index is 15.0. The van der Waals surface area contributed by atoms with E-state index in [1.165, 1.54) is 11.0 Å². The molecule has 2 aromatic heterocycles. The van der Waals surface area contributed by atoms with Gasteiger partial charge in [0.05, 0.1) is 19.4 Å². The third-order valence-electron chi connectivity index (χ3n) is 5.43. The van der Waals surface area contributed by atoms with Crippen molar-refractivity contribution in [3.05, 3.63) is 36.5 Å². The molecular weight excluding hydrogens is 375 g/mol. The molecule has 0 radical (unpaired) electrons. The van der Waals surface area contributed by atoms with Gasteiger partial charge in [-0.25, -0.2) is 19.0 Å². The number of morpholine rings is 1. The lowest BCUT2D eigenvalue weighted by atomic mass is 10.1. The van der Waals surface area contributed by atoms with Crippen LogP contribution in [0.4, 0.5) is 10.1 Å². The summed E-state index contributed by atoms with van der Waals surface area (Å²) in [6.07, 6.45) is 5.05. The minimum Gasteiger partial charge on any atom is -0.474 e. The van der Waals surface area contributed by atoms with Crippen LogP contribution in [0.1, 0.15) is 12.8 Å². The monoisotopic (exact) mass is 398 g/mol. The highest BCUT2D eigenvalue weighted by Gasteiger charge is 2.20. The van der Waals surface area contributed by atoms with Crippen LogP contribution in [0.5, 0.6) is 5.88 Å². The zero-order chi connectivity index (χ0) is 19.6. The first-order valence-corrected chi connectivity index (χ1v) is 9.98. The standard InChI is InChI=1S/C20H23FN6O2/c21-17-11-14(26-7-9-28-10-8-26)1-2-18(17)27-19-16(12-25-27)20(24-13-23-19)29-15-3-5-22-6-4-15/h1-2,11-13,15,22H,3-10H2. The molecule has 2 aliphatic heterocycles. The second-order valence-corrected chi connectivity index (χ2v) is 7.27. The molecule has 0 aliphatic carbocycles. The molecule has 0 atom stereocenters. The number of nitrogens with one attached hydrogen (secondary N) is 1. The van der Waals surface area contributed by atoms with E-state index in [1.807, 2.05) is 6.07 Å². The second-order valence-electron chi connectivity index (χ2n) is 7.27. The zero-order valence-corrected chi connectivity index (χ0v) is 16.1. The Kier molecular flexibility index (Phi) is 4.99. The van der Waals surface area contributed by atoms with Gasteiger partial charge in [-0.05, 0) is 44.1 Å². The number of hydrogen-bond donors (Lipinski definition) is 1. The normalized spacial score (nSPS) is 18.3. The van der Waals surface area contributed by atoms with Crippen LogP contribution in [0.2, 0.25) is 0 Å². The SMILES string of the molecule is Fc1cc(N2CCOCC2)ccc1-n1ncc2c(OC3CCNCC3)ncnc21. The van der Waals surface area contributed by atoms with Crippen molar-refractivity contribution in [1.29, 1.82) is 0 Å². The smallest absolute Gasteiger partial charge is 0.228 e. The number of piperidine rings is 1. The van der Waals surface area contributed by atoms with E-state index >= 15 is 0 Å². The molecule has 0 amide bonds. The number of ether oxygens (including phenoxy) is 2. The zero-order valence-electron chi connectivity index (χ0n) is 16.1. The molecule has 9 heteroatoms. The van der Waals surface area contributed by atoms with Crippen LogP contribution >= 0.6 is 0 Å². The molecule has 1 aromatic carbocycles. The average molecular weight is 398 g/mol. The summed E-state index contributed by atoms with van der Waals surface area (Å²) in [5, 5.41) is 8.37. The van der Waals surface area contributed by atoms with Crippen molar-refractivity contribution < 1.29 is 13.9 Å². The van der Waals surface area contributed by atoms with E-state index in [-0.39, 0.29) is 11.9 Å². The van der Waals surface area contributed by atoms with E-state index in [1.54, 1.807) is 18.3 Å². The Labute approximate surface area is 167 Å². The predicted molar refractivity (Wildman–Crippen MR) is 106 cm³/mol. The maximum atomic E-state index is 15.0. The molecule has 2 aliphatic rings. The van der Waals surface area contributed by atoms with E-state index in [0.717, 1.165) is 44.7 Å². The third kappa shape index (κ3) is 3.63. The van der Waals surface area contributed by atoms with Crippen molar-refractivity contribution in [2.24, 2.45) is 0 Å². The molecule has 0 saturated carbocycles. The summed E-state index contributed by atoms with van der Waals surface area (Å²) in [6.45, 7) is 4.69. The van der Waals surface area contributed by atoms with Crippen LogP contribution in [0.3, 0.4) is 0 Å². The molecule has 3 aromatic rings. The Morgan fingerprint density at radius 1 is 1.14 bits per heavy atom. The van der Waals surface area contributed by atoms with Crippen molar-refractivity contribution in [2.45, 2.75) is 18.9 Å². The number of rotatable bonds is 4.